The summed E-state index contributed by atoms with van der Waals surface area (Å²) in [5.41, 5.74) is 1.37. The molecule has 0 bridgehead atoms. The fourth-order valence-electron chi connectivity index (χ4n) is 3.44. The van der Waals surface area contributed by atoms with Gasteiger partial charge in [-0.05, 0) is 23.7 Å². The summed E-state index contributed by atoms with van der Waals surface area (Å²) in [4.78, 5) is 25.5. The molecule has 0 aliphatic heterocycles. The molecule has 7 nitrogen and oxygen atoms in total. The van der Waals surface area contributed by atoms with Crippen molar-refractivity contribution in [1.82, 2.24) is 13.7 Å². The maximum Gasteiger partial charge on any atom is 0.330 e. The highest BCUT2D eigenvalue weighted by Crippen LogP contribution is 2.36. The summed E-state index contributed by atoms with van der Waals surface area (Å²) < 4.78 is 10.6. The van der Waals surface area contributed by atoms with E-state index in [1.165, 1.54) is 11.6 Å². The predicted molar refractivity (Wildman–Crippen MR) is 127 cm³/mol. The van der Waals surface area contributed by atoms with Gasteiger partial charge in [0, 0.05) is 20.3 Å². The first-order valence-electron chi connectivity index (χ1n) is 10.5. The van der Waals surface area contributed by atoms with Gasteiger partial charge in [-0.1, -0.05) is 51.1 Å². The minimum Gasteiger partial charge on any atom is -0.414 e. The van der Waals surface area contributed by atoms with Crippen LogP contribution in [0, 0.1) is 0 Å². The van der Waals surface area contributed by atoms with Crippen LogP contribution in [-0.2, 0) is 25.1 Å². The lowest BCUT2D eigenvalue weighted by Crippen LogP contribution is -2.43. The van der Waals surface area contributed by atoms with E-state index in [4.69, 9.17) is 4.43 Å². The van der Waals surface area contributed by atoms with E-state index < -0.39 is 14.4 Å². The summed E-state index contributed by atoms with van der Waals surface area (Å²) in [6, 6.07) is 9.57. The van der Waals surface area contributed by atoms with Crippen LogP contribution in [0.3, 0.4) is 0 Å². The number of aliphatic hydroxyl groups is 1. The molecule has 0 radical (unpaired) electrons. The van der Waals surface area contributed by atoms with Crippen molar-refractivity contribution in [3.63, 3.8) is 0 Å². The first-order chi connectivity index (χ1) is 14.3. The number of hydrogen-bond acceptors (Lipinski definition) is 4. The van der Waals surface area contributed by atoms with Crippen LogP contribution in [-0.4, -0.2) is 39.8 Å². The van der Waals surface area contributed by atoms with Crippen LogP contribution in [0.2, 0.25) is 18.1 Å². The smallest absolute Gasteiger partial charge is 0.330 e. The van der Waals surface area contributed by atoms with E-state index in [1.54, 1.807) is 13.2 Å². The van der Waals surface area contributed by atoms with Crippen molar-refractivity contribution in [2.24, 2.45) is 14.1 Å². The minimum absolute atomic E-state index is 0.0501. The van der Waals surface area contributed by atoms with Crippen molar-refractivity contribution in [2.45, 2.75) is 51.6 Å². The van der Waals surface area contributed by atoms with Gasteiger partial charge in [-0.25, -0.2) is 4.79 Å². The van der Waals surface area contributed by atoms with Gasteiger partial charge in [0.1, 0.15) is 0 Å². The van der Waals surface area contributed by atoms with Crippen LogP contribution in [0.15, 0.2) is 46.1 Å². The van der Waals surface area contributed by atoms with E-state index >= 15 is 0 Å². The molecule has 0 saturated carbocycles. The Bertz CT molecular complexity index is 1200. The van der Waals surface area contributed by atoms with Gasteiger partial charge < -0.3 is 14.1 Å². The SMILES string of the molecule is Cn1c(=O)c2c(-c3ccccc3)n(CC(O)CO[Si](C)(C)C(C)(C)C)cc2n(C)c1=O. The average molecular weight is 444 g/mol. The Morgan fingerprint density at radius 1 is 1.06 bits per heavy atom. The highest BCUT2D eigenvalue weighted by molar-refractivity contribution is 6.74. The lowest BCUT2D eigenvalue weighted by atomic mass is 10.1. The second-order valence-corrected chi connectivity index (χ2v) is 14.5. The van der Waals surface area contributed by atoms with E-state index in [9.17, 15) is 14.7 Å². The molecule has 3 aromatic rings. The fourth-order valence-corrected chi connectivity index (χ4v) is 4.48. The third kappa shape index (κ3) is 4.33. The topological polar surface area (TPSA) is 78.4 Å². The average Bonchev–Trinajstić information content (AvgIpc) is 3.08. The van der Waals surface area contributed by atoms with Gasteiger partial charge in [0.25, 0.3) is 5.56 Å². The molecule has 2 aromatic heterocycles. The largest absolute Gasteiger partial charge is 0.414 e. The second-order valence-electron chi connectivity index (χ2n) is 9.69. The number of fused-ring (bicyclic) bond motifs is 1. The number of aliphatic hydroxyl groups excluding tert-OH is 1. The molecule has 1 aromatic carbocycles. The molecule has 0 amide bonds. The van der Waals surface area contributed by atoms with Crippen LogP contribution >= 0.6 is 0 Å². The molecule has 1 atom stereocenters. The molecule has 0 fully saturated rings. The summed E-state index contributed by atoms with van der Waals surface area (Å²) in [6.45, 7) is 11.3. The molecule has 8 heteroatoms. The normalized spacial score (nSPS) is 13.7. The summed E-state index contributed by atoms with van der Waals surface area (Å²) in [5, 5.41) is 11.3. The molecule has 31 heavy (non-hydrogen) atoms. The van der Waals surface area contributed by atoms with Crippen LogP contribution in [0.25, 0.3) is 22.2 Å². The minimum atomic E-state index is -2.00. The zero-order valence-corrected chi connectivity index (χ0v) is 20.5. The molecule has 1 N–H and O–H groups in total. The van der Waals surface area contributed by atoms with Gasteiger partial charge in [0.15, 0.2) is 8.32 Å². The standard InChI is InChI=1S/C23H33N3O4Si/c1-23(2,3)31(6,7)30-15-17(27)13-26-14-18-19(20(26)16-11-9-8-10-12-16)21(28)25(5)22(29)24(18)4/h8-12,14,17,27H,13,15H2,1-7H3. The summed E-state index contributed by atoms with van der Waals surface area (Å²) in [7, 11) is 1.14. The van der Waals surface area contributed by atoms with Gasteiger partial charge >= 0.3 is 5.69 Å². The van der Waals surface area contributed by atoms with Crippen LogP contribution in [0.1, 0.15) is 20.8 Å². The van der Waals surface area contributed by atoms with Gasteiger partial charge in [0.2, 0.25) is 0 Å². The quantitative estimate of drug-likeness (QED) is 0.594. The Labute approximate surface area is 183 Å². The van der Waals surface area contributed by atoms with Crippen molar-refractivity contribution in [2.75, 3.05) is 6.61 Å². The Balaban J connectivity index is 2.07. The van der Waals surface area contributed by atoms with Crippen molar-refractivity contribution in [1.29, 1.82) is 0 Å². The van der Waals surface area contributed by atoms with Crippen molar-refractivity contribution >= 4 is 19.2 Å². The number of benzene rings is 1. The lowest BCUT2D eigenvalue weighted by Gasteiger charge is -2.36. The predicted octanol–water partition coefficient (Wildman–Crippen LogP) is 3.09. The van der Waals surface area contributed by atoms with E-state index in [2.05, 4.69) is 33.9 Å². The fraction of sp³-hybridized carbons (Fsp3) is 0.478. The Kier molecular flexibility index (Phi) is 6.19. The van der Waals surface area contributed by atoms with Crippen molar-refractivity contribution < 1.29 is 9.53 Å². The summed E-state index contributed by atoms with van der Waals surface area (Å²) in [5.74, 6) is 0. The molecule has 0 spiro atoms. The highest BCUT2D eigenvalue weighted by Gasteiger charge is 2.37. The zero-order valence-electron chi connectivity index (χ0n) is 19.5. The zero-order chi connectivity index (χ0) is 23.1. The maximum atomic E-state index is 13.0. The molecule has 0 saturated heterocycles. The molecule has 3 rings (SSSR count). The van der Waals surface area contributed by atoms with E-state index in [0.717, 1.165) is 10.1 Å². The lowest BCUT2D eigenvalue weighted by molar-refractivity contribution is 0.0863. The van der Waals surface area contributed by atoms with E-state index in [0.29, 0.717) is 16.6 Å². The van der Waals surface area contributed by atoms with Gasteiger partial charge in [-0.15, -0.1) is 0 Å². The Hall–Kier alpha value is -2.42. The summed E-state index contributed by atoms with van der Waals surface area (Å²) in [6.07, 6.45) is 1.02. The number of aryl methyl sites for hydroxylation is 1. The Morgan fingerprint density at radius 3 is 2.26 bits per heavy atom. The number of nitrogens with zero attached hydrogens (tertiary/aromatic N) is 3. The third-order valence-electron chi connectivity index (χ3n) is 6.41. The van der Waals surface area contributed by atoms with Crippen LogP contribution in [0.4, 0.5) is 0 Å². The summed E-state index contributed by atoms with van der Waals surface area (Å²) >= 11 is 0. The number of aromatic nitrogens is 3. The Morgan fingerprint density at radius 2 is 1.68 bits per heavy atom. The molecule has 0 aliphatic carbocycles. The van der Waals surface area contributed by atoms with E-state index in [-0.39, 0.29) is 29.4 Å². The number of rotatable bonds is 6. The first kappa shape index (κ1) is 23.2. The van der Waals surface area contributed by atoms with Gasteiger partial charge in [-0.2, -0.15) is 0 Å². The molecule has 0 aliphatic rings. The van der Waals surface area contributed by atoms with Crippen LogP contribution in [0.5, 0.6) is 0 Å². The number of hydrogen-bond donors (Lipinski definition) is 1. The molecular formula is C23H33N3O4Si. The van der Waals surface area contributed by atoms with Crippen molar-refractivity contribution in [3.8, 4) is 11.3 Å². The van der Waals surface area contributed by atoms with Gasteiger partial charge in [0.05, 0.1) is 35.9 Å². The first-order valence-corrected chi connectivity index (χ1v) is 13.4. The van der Waals surface area contributed by atoms with Crippen LogP contribution < -0.4 is 11.2 Å². The molecule has 1 unspecified atom stereocenters. The monoisotopic (exact) mass is 443 g/mol. The molecular weight excluding hydrogens is 410 g/mol. The van der Waals surface area contributed by atoms with E-state index in [1.807, 2.05) is 34.9 Å². The molecule has 2 heterocycles. The second kappa shape index (κ2) is 8.25. The third-order valence-corrected chi connectivity index (χ3v) is 10.9. The maximum absolute atomic E-state index is 13.0. The van der Waals surface area contributed by atoms with Crippen molar-refractivity contribution in [3.05, 3.63) is 57.4 Å². The van der Waals surface area contributed by atoms with Gasteiger partial charge in [-0.3, -0.25) is 13.9 Å². The molecule has 168 valence electrons. The highest BCUT2D eigenvalue weighted by atomic mass is 28.4.